The number of benzene rings is 1. The zero-order valence-electron chi connectivity index (χ0n) is 13.5. The van der Waals surface area contributed by atoms with E-state index in [1.165, 1.54) is 47.4 Å². The standard InChI is InChI=1S/C15H15N5O4S2/c21-12(16-10-4-6-11(7-5-10)20(23)24)8-25-15-19-18-14(26-15)17-13(22)9-2-1-3-9/h4-7,9H,1-3,8H2,(H,16,21)(H,17,18,22). The van der Waals surface area contributed by atoms with Gasteiger partial charge in [0, 0.05) is 23.7 Å². The normalized spacial score (nSPS) is 13.7. The van der Waals surface area contributed by atoms with Gasteiger partial charge < -0.3 is 10.6 Å². The van der Waals surface area contributed by atoms with Crippen LogP contribution in [0.25, 0.3) is 0 Å². The lowest BCUT2D eigenvalue weighted by Gasteiger charge is -2.23. The van der Waals surface area contributed by atoms with Crippen LogP contribution in [0.2, 0.25) is 0 Å². The Balaban J connectivity index is 1.45. The van der Waals surface area contributed by atoms with Crippen molar-refractivity contribution >= 4 is 51.4 Å². The first kappa shape index (κ1) is 18.3. The summed E-state index contributed by atoms with van der Waals surface area (Å²) in [4.78, 5) is 33.9. The van der Waals surface area contributed by atoms with Crippen molar-refractivity contribution in [3.05, 3.63) is 34.4 Å². The minimum absolute atomic E-state index is 0.0279. The van der Waals surface area contributed by atoms with Crippen molar-refractivity contribution in [1.82, 2.24) is 10.2 Å². The Hall–Kier alpha value is -2.53. The predicted octanol–water partition coefficient (Wildman–Crippen LogP) is 2.92. The van der Waals surface area contributed by atoms with Gasteiger partial charge in [0.1, 0.15) is 0 Å². The Morgan fingerprint density at radius 1 is 1.23 bits per heavy atom. The number of hydrogen-bond donors (Lipinski definition) is 2. The van der Waals surface area contributed by atoms with Crippen molar-refractivity contribution in [3.8, 4) is 0 Å². The Morgan fingerprint density at radius 3 is 2.58 bits per heavy atom. The van der Waals surface area contributed by atoms with Gasteiger partial charge in [0.15, 0.2) is 4.34 Å². The van der Waals surface area contributed by atoms with Gasteiger partial charge in [-0.05, 0) is 25.0 Å². The fourth-order valence-electron chi connectivity index (χ4n) is 2.19. The lowest BCUT2D eigenvalue weighted by atomic mass is 9.85. The number of anilines is 2. The van der Waals surface area contributed by atoms with Crippen LogP contribution >= 0.6 is 23.1 Å². The Kier molecular flexibility index (Phi) is 5.78. The first-order valence-corrected chi connectivity index (χ1v) is 9.63. The summed E-state index contributed by atoms with van der Waals surface area (Å²) < 4.78 is 0.577. The molecule has 1 fully saturated rings. The van der Waals surface area contributed by atoms with E-state index in [1.54, 1.807) is 0 Å². The topological polar surface area (TPSA) is 127 Å². The number of non-ortho nitro benzene ring substituents is 1. The highest BCUT2D eigenvalue weighted by Crippen LogP contribution is 2.30. The minimum atomic E-state index is -0.502. The molecule has 1 heterocycles. The van der Waals surface area contributed by atoms with Gasteiger partial charge in [-0.3, -0.25) is 19.7 Å². The molecule has 3 rings (SSSR count). The highest BCUT2D eigenvalue weighted by molar-refractivity contribution is 8.01. The molecule has 2 amide bonds. The van der Waals surface area contributed by atoms with Gasteiger partial charge in [-0.2, -0.15) is 0 Å². The van der Waals surface area contributed by atoms with Crippen molar-refractivity contribution in [1.29, 1.82) is 0 Å². The molecule has 11 heteroatoms. The number of hydrogen-bond acceptors (Lipinski definition) is 8. The van der Waals surface area contributed by atoms with E-state index in [9.17, 15) is 19.7 Å². The number of rotatable bonds is 7. The molecule has 2 N–H and O–H groups in total. The van der Waals surface area contributed by atoms with Crippen LogP contribution < -0.4 is 10.6 Å². The molecule has 0 aliphatic heterocycles. The zero-order chi connectivity index (χ0) is 18.5. The molecule has 1 aliphatic carbocycles. The highest BCUT2D eigenvalue weighted by Gasteiger charge is 2.26. The van der Waals surface area contributed by atoms with E-state index in [4.69, 9.17) is 0 Å². The van der Waals surface area contributed by atoms with Crippen LogP contribution in [0.15, 0.2) is 28.6 Å². The van der Waals surface area contributed by atoms with E-state index >= 15 is 0 Å². The summed E-state index contributed by atoms with van der Waals surface area (Å²) in [6.07, 6.45) is 2.91. The smallest absolute Gasteiger partial charge is 0.269 e. The van der Waals surface area contributed by atoms with E-state index in [0.717, 1.165) is 19.3 Å². The summed E-state index contributed by atoms with van der Waals surface area (Å²) in [6, 6.07) is 5.59. The number of nitrogens with one attached hydrogen (secondary N) is 2. The van der Waals surface area contributed by atoms with Gasteiger partial charge in [0.2, 0.25) is 16.9 Å². The van der Waals surface area contributed by atoms with E-state index in [0.29, 0.717) is 15.2 Å². The Bertz CT molecular complexity index is 820. The van der Waals surface area contributed by atoms with Crippen molar-refractivity contribution < 1.29 is 14.5 Å². The van der Waals surface area contributed by atoms with Gasteiger partial charge in [-0.15, -0.1) is 10.2 Å². The molecule has 0 saturated heterocycles. The SMILES string of the molecule is O=C(CSc1nnc(NC(=O)C2CCC2)s1)Nc1ccc([N+](=O)[O-])cc1. The summed E-state index contributed by atoms with van der Waals surface area (Å²) in [5.41, 5.74) is 0.439. The van der Waals surface area contributed by atoms with Gasteiger partial charge in [0.25, 0.3) is 5.69 Å². The molecule has 26 heavy (non-hydrogen) atoms. The molecule has 0 unspecified atom stereocenters. The predicted molar refractivity (Wildman–Crippen MR) is 98.3 cm³/mol. The largest absolute Gasteiger partial charge is 0.325 e. The van der Waals surface area contributed by atoms with E-state index in [1.807, 2.05) is 0 Å². The lowest BCUT2D eigenvalue weighted by Crippen LogP contribution is -2.27. The molecule has 0 spiro atoms. The molecular weight excluding hydrogens is 378 g/mol. The number of nitro benzene ring substituents is 1. The van der Waals surface area contributed by atoms with Gasteiger partial charge in [0.05, 0.1) is 10.7 Å². The number of carbonyl (C=O) groups excluding carboxylic acids is 2. The first-order chi connectivity index (χ1) is 12.5. The average Bonchev–Trinajstić information content (AvgIpc) is 2.99. The number of thioether (sulfide) groups is 1. The molecule has 136 valence electrons. The molecular formula is C15H15N5O4S2. The van der Waals surface area contributed by atoms with Crippen LogP contribution in [0.5, 0.6) is 0 Å². The third-order valence-electron chi connectivity index (χ3n) is 3.80. The molecule has 0 atom stereocenters. The fraction of sp³-hybridized carbons (Fsp3) is 0.333. The summed E-state index contributed by atoms with van der Waals surface area (Å²) in [6.45, 7) is 0. The van der Waals surface area contributed by atoms with E-state index < -0.39 is 4.92 Å². The molecule has 0 radical (unpaired) electrons. The number of amides is 2. The van der Waals surface area contributed by atoms with Crippen molar-refractivity contribution in [2.75, 3.05) is 16.4 Å². The van der Waals surface area contributed by atoms with Gasteiger partial charge >= 0.3 is 0 Å². The molecule has 1 aliphatic rings. The number of carbonyl (C=O) groups is 2. The van der Waals surface area contributed by atoms with Crippen LogP contribution in [-0.2, 0) is 9.59 Å². The number of nitrogens with zero attached hydrogens (tertiary/aromatic N) is 3. The molecule has 1 saturated carbocycles. The van der Waals surface area contributed by atoms with E-state index in [2.05, 4.69) is 20.8 Å². The highest BCUT2D eigenvalue weighted by atomic mass is 32.2. The second-order valence-corrected chi connectivity index (χ2v) is 7.83. The third kappa shape index (κ3) is 4.76. The lowest BCUT2D eigenvalue weighted by molar-refractivity contribution is -0.384. The fourth-order valence-corrected chi connectivity index (χ4v) is 3.74. The van der Waals surface area contributed by atoms with Gasteiger partial charge in [-0.1, -0.05) is 29.5 Å². The maximum absolute atomic E-state index is 11.9. The van der Waals surface area contributed by atoms with Crippen molar-refractivity contribution in [2.45, 2.75) is 23.6 Å². The second-order valence-electron chi connectivity index (χ2n) is 5.63. The van der Waals surface area contributed by atoms with Crippen LogP contribution in [0.4, 0.5) is 16.5 Å². The molecule has 2 aromatic rings. The maximum Gasteiger partial charge on any atom is 0.269 e. The van der Waals surface area contributed by atoms with Gasteiger partial charge in [-0.25, -0.2) is 0 Å². The molecule has 9 nitrogen and oxygen atoms in total. The third-order valence-corrected chi connectivity index (χ3v) is 5.77. The Morgan fingerprint density at radius 2 is 1.96 bits per heavy atom. The van der Waals surface area contributed by atoms with Crippen LogP contribution in [0.1, 0.15) is 19.3 Å². The number of aromatic nitrogens is 2. The zero-order valence-corrected chi connectivity index (χ0v) is 15.1. The maximum atomic E-state index is 11.9. The molecule has 0 bridgehead atoms. The summed E-state index contributed by atoms with van der Waals surface area (Å²) >= 11 is 2.43. The minimum Gasteiger partial charge on any atom is -0.325 e. The average molecular weight is 393 g/mol. The van der Waals surface area contributed by atoms with E-state index in [-0.39, 0.29) is 29.2 Å². The van der Waals surface area contributed by atoms with Crippen LogP contribution in [0, 0.1) is 16.0 Å². The summed E-state index contributed by atoms with van der Waals surface area (Å²) in [5.74, 6) is -0.108. The van der Waals surface area contributed by atoms with Crippen LogP contribution in [-0.4, -0.2) is 32.7 Å². The summed E-state index contributed by atoms with van der Waals surface area (Å²) in [7, 11) is 0. The van der Waals surface area contributed by atoms with Crippen LogP contribution in [0.3, 0.4) is 0 Å². The van der Waals surface area contributed by atoms with Crippen molar-refractivity contribution in [3.63, 3.8) is 0 Å². The number of nitro groups is 1. The quantitative estimate of drug-likeness (QED) is 0.320. The first-order valence-electron chi connectivity index (χ1n) is 7.83. The molecule has 1 aromatic carbocycles. The monoisotopic (exact) mass is 393 g/mol. The molecule has 1 aromatic heterocycles. The van der Waals surface area contributed by atoms with Crippen molar-refractivity contribution in [2.24, 2.45) is 5.92 Å². The summed E-state index contributed by atoms with van der Waals surface area (Å²) in [5, 5.41) is 24.3. The Labute approximate surface area is 156 Å². The second kappa shape index (κ2) is 8.23.